The fourth-order valence-electron chi connectivity index (χ4n) is 1.67. The van der Waals surface area contributed by atoms with Gasteiger partial charge >= 0.3 is 0 Å². The van der Waals surface area contributed by atoms with E-state index in [-0.39, 0.29) is 12.5 Å². The summed E-state index contributed by atoms with van der Waals surface area (Å²) < 4.78 is 5.17. The van der Waals surface area contributed by atoms with E-state index in [9.17, 15) is 4.79 Å². The minimum atomic E-state index is -0.309. The summed E-state index contributed by atoms with van der Waals surface area (Å²) in [5, 5.41) is 11.6. The summed E-state index contributed by atoms with van der Waals surface area (Å²) in [4.78, 5) is 12.1. The normalized spacial score (nSPS) is 9.71. The van der Waals surface area contributed by atoms with Crippen molar-refractivity contribution in [3.63, 3.8) is 0 Å². The molecule has 0 aliphatic carbocycles. The van der Waals surface area contributed by atoms with Crippen LogP contribution in [0.25, 0.3) is 0 Å². The lowest BCUT2D eigenvalue weighted by molar-refractivity contribution is 0.102. The third kappa shape index (κ3) is 3.88. The number of halogens is 1. The first-order valence-electron chi connectivity index (χ1n) is 6.06. The molecule has 0 bridgehead atoms. The number of nitrogens with two attached hydrogens (primary N) is 1. The van der Waals surface area contributed by atoms with E-state index < -0.39 is 0 Å². The summed E-state index contributed by atoms with van der Waals surface area (Å²) in [6, 6.07) is 13.3. The van der Waals surface area contributed by atoms with Crippen molar-refractivity contribution in [2.24, 2.45) is 0 Å². The molecule has 0 aliphatic heterocycles. The Kier molecular flexibility index (Phi) is 4.64. The van der Waals surface area contributed by atoms with Crippen molar-refractivity contribution in [2.75, 3.05) is 17.7 Å². The van der Waals surface area contributed by atoms with Crippen molar-refractivity contribution in [2.45, 2.75) is 0 Å². The van der Waals surface area contributed by atoms with Crippen molar-refractivity contribution in [3.8, 4) is 11.8 Å². The first-order chi connectivity index (χ1) is 10.1. The Hall–Kier alpha value is -2.71. The number of hydrogen-bond acceptors (Lipinski definition) is 4. The number of nitrogens with one attached hydrogen (secondary N) is 1. The molecule has 0 heterocycles. The highest BCUT2D eigenvalue weighted by Gasteiger charge is 2.08. The van der Waals surface area contributed by atoms with E-state index >= 15 is 0 Å². The predicted octanol–water partition coefficient (Wildman–Crippen LogP) is 3.08. The Balaban J connectivity index is 2.12. The lowest BCUT2D eigenvalue weighted by Gasteiger charge is -2.08. The highest BCUT2D eigenvalue weighted by atomic mass is 35.5. The zero-order valence-corrected chi connectivity index (χ0v) is 11.7. The van der Waals surface area contributed by atoms with Crippen LogP contribution in [0.4, 0.5) is 11.4 Å². The van der Waals surface area contributed by atoms with Gasteiger partial charge in [0.1, 0.15) is 11.8 Å². The molecule has 0 fully saturated rings. The van der Waals surface area contributed by atoms with Gasteiger partial charge < -0.3 is 15.8 Å². The lowest BCUT2D eigenvalue weighted by Crippen LogP contribution is -2.12. The molecule has 0 unspecified atom stereocenters. The van der Waals surface area contributed by atoms with Crippen LogP contribution in [0, 0.1) is 11.3 Å². The maximum atomic E-state index is 12.1. The van der Waals surface area contributed by atoms with Gasteiger partial charge in [-0.15, -0.1) is 0 Å². The van der Waals surface area contributed by atoms with E-state index in [0.717, 1.165) is 0 Å². The topological polar surface area (TPSA) is 88.1 Å². The summed E-state index contributed by atoms with van der Waals surface area (Å²) in [6.07, 6.45) is 0. The third-order valence-corrected chi connectivity index (χ3v) is 3.00. The van der Waals surface area contributed by atoms with Gasteiger partial charge in [-0.1, -0.05) is 17.7 Å². The van der Waals surface area contributed by atoms with Crippen LogP contribution in [0.15, 0.2) is 42.5 Å². The molecule has 2 rings (SSSR count). The van der Waals surface area contributed by atoms with Gasteiger partial charge in [-0.2, -0.15) is 5.26 Å². The Morgan fingerprint density at radius 1 is 1.33 bits per heavy atom. The number of nitrogens with zero attached hydrogens (tertiary/aromatic N) is 1. The summed E-state index contributed by atoms with van der Waals surface area (Å²) >= 11 is 5.82. The molecule has 0 aromatic heterocycles. The maximum Gasteiger partial charge on any atom is 0.255 e. The standard InChI is InChI=1S/C15H12ClN3O2/c16-13-5-4-10(8-14(13)18)15(20)19-11-2-1-3-12(9-11)21-7-6-17/h1-5,8-9H,7,18H2,(H,19,20). The summed E-state index contributed by atoms with van der Waals surface area (Å²) in [7, 11) is 0. The molecule has 106 valence electrons. The Morgan fingerprint density at radius 2 is 2.14 bits per heavy atom. The molecule has 21 heavy (non-hydrogen) atoms. The molecule has 2 aromatic rings. The van der Waals surface area contributed by atoms with Crippen LogP contribution in [0.1, 0.15) is 10.4 Å². The molecule has 0 saturated carbocycles. The second-order valence-electron chi connectivity index (χ2n) is 4.17. The van der Waals surface area contributed by atoms with E-state index in [1.165, 1.54) is 6.07 Å². The van der Waals surface area contributed by atoms with E-state index in [2.05, 4.69) is 5.32 Å². The Labute approximate surface area is 126 Å². The average Bonchev–Trinajstić information content (AvgIpc) is 2.48. The molecule has 6 heteroatoms. The van der Waals surface area contributed by atoms with Crippen LogP contribution in [-0.4, -0.2) is 12.5 Å². The number of anilines is 2. The second-order valence-corrected chi connectivity index (χ2v) is 4.57. The fraction of sp³-hybridized carbons (Fsp3) is 0.0667. The van der Waals surface area contributed by atoms with Gasteiger partial charge in [0.2, 0.25) is 0 Å². The van der Waals surface area contributed by atoms with E-state index in [0.29, 0.717) is 27.7 Å². The lowest BCUT2D eigenvalue weighted by atomic mass is 10.2. The SMILES string of the molecule is N#CCOc1cccc(NC(=O)c2ccc(Cl)c(N)c2)c1. The van der Waals surface area contributed by atoms with E-state index in [1.54, 1.807) is 36.4 Å². The second kappa shape index (κ2) is 6.64. The van der Waals surface area contributed by atoms with Gasteiger partial charge in [0.25, 0.3) is 5.91 Å². The van der Waals surface area contributed by atoms with Gasteiger partial charge in [0, 0.05) is 17.3 Å². The first kappa shape index (κ1) is 14.7. The average molecular weight is 302 g/mol. The zero-order chi connectivity index (χ0) is 15.2. The van der Waals surface area contributed by atoms with E-state index in [1.807, 2.05) is 6.07 Å². The number of amides is 1. The molecular formula is C15H12ClN3O2. The molecule has 0 aliphatic rings. The summed E-state index contributed by atoms with van der Waals surface area (Å²) in [6.45, 7) is -0.0505. The number of carbonyl (C=O) groups excluding carboxylic acids is 1. The van der Waals surface area contributed by atoms with Crippen molar-refractivity contribution < 1.29 is 9.53 Å². The number of carbonyl (C=O) groups is 1. The minimum absolute atomic E-state index is 0.0505. The Bertz CT molecular complexity index is 710. The molecule has 3 N–H and O–H groups in total. The smallest absolute Gasteiger partial charge is 0.255 e. The molecule has 0 saturated heterocycles. The number of hydrogen-bond donors (Lipinski definition) is 2. The van der Waals surface area contributed by atoms with Gasteiger partial charge in [-0.05, 0) is 30.3 Å². The predicted molar refractivity (Wildman–Crippen MR) is 81.4 cm³/mol. The molecule has 1 amide bonds. The van der Waals surface area contributed by atoms with Crippen LogP contribution in [0.5, 0.6) is 5.75 Å². The van der Waals surface area contributed by atoms with Crippen LogP contribution < -0.4 is 15.8 Å². The first-order valence-corrected chi connectivity index (χ1v) is 6.44. The van der Waals surface area contributed by atoms with Gasteiger partial charge in [0.05, 0.1) is 10.7 Å². The monoisotopic (exact) mass is 301 g/mol. The highest BCUT2D eigenvalue weighted by molar-refractivity contribution is 6.33. The van der Waals surface area contributed by atoms with Gasteiger partial charge in [0.15, 0.2) is 6.61 Å². The third-order valence-electron chi connectivity index (χ3n) is 2.65. The fourth-order valence-corrected chi connectivity index (χ4v) is 1.79. The number of ether oxygens (including phenoxy) is 1. The molecule has 0 radical (unpaired) electrons. The summed E-state index contributed by atoms with van der Waals surface area (Å²) in [5.41, 5.74) is 6.97. The molecule has 2 aromatic carbocycles. The van der Waals surface area contributed by atoms with Crippen molar-refractivity contribution in [1.29, 1.82) is 5.26 Å². The number of rotatable bonds is 4. The van der Waals surface area contributed by atoms with Crippen LogP contribution >= 0.6 is 11.6 Å². The van der Waals surface area contributed by atoms with E-state index in [4.69, 9.17) is 27.3 Å². The van der Waals surface area contributed by atoms with Crippen molar-refractivity contribution in [1.82, 2.24) is 0 Å². The summed E-state index contributed by atoms with van der Waals surface area (Å²) in [5.74, 6) is 0.195. The zero-order valence-electron chi connectivity index (χ0n) is 11.0. The number of benzene rings is 2. The van der Waals surface area contributed by atoms with Crippen molar-refractivity contribution >= 4 is 28.9 Å². The molecule has 5 nitrogen and oxygen atoms in total. The molecule has 0 spiro atoms. The van der Waals surface area contributed by atoms with Gasteiger partial charge in [-0.3, -0.25) is 4.79 Å². The van der Waals surface area contributed by atoms with Crippen LogP contribution in [0.3, 0.4) is 0 Å². The maximum absolute atomic E-state index is 12.1. The largest absolute Gasteiger partial charge is 0.479 e. The number of nitrogen functional groups attached to an aromatic ring is 1. The van der Waals surface area contributed by atoms with Crippen LogP contribution in [0.2, 0.25) is 5.02 Å². The molecular weight excluding hydrogens is 290 g/mol. The molecule has 0 atom stereocenters. The highest BCUT2D eigenvalue weighted by Crippen LogP contribution is 2.21. The van der Waals surface area contributed by atoms with Crippen LogP contribution in [-0.2, 0) is 0 Å². The minimum Gasteiger partial charge on any atom is -0.479 e. The van der Waals surface area contributed by atoms with Gasteiger partial charge in [-0.25, -0.2) is 0 Å². The van der Waals surface area contributed by atoms with Crippen molar-refractivity contribution in [3.05, 3.63) is 53.1 Å². The quantitative estimate of drug-likeness (QED) is 0.849. The Morgan fingerprint density at radius 3 is 2.86 bits per heavy atom. The number of nitriles is 1.